The number of rotatable bonds is 5. The third kappa shape index (κ3) is 3.36. The molecule has 0 aliphatic heterocycles. The molecular formula is C12H14ClN3. The Morgan fingerprint density at radius 2 is 2.00 bits per heavy atom. The molecule has 0 saturated carbocycles. The fourth-order valence-corrected chi connectivity index (χ4v) is 1.62. The van der Waals surface area contributed by atoms with Crippen LogP contribution in [-0.4, -0.2) is 16.7 Å². The monoisotopic (exact) mass is 235 g/mol. The summed E-state index contributed by atoms with van der Waals surface area (Å²) in [5.41, 5.74) is 2.40. The van der Waals surface area contributed by atoms with Crippen molar-refractivity contribution >= 4 is 11.6 Å². The molecule has 4 heteroatoms. The molecule has 0 aliphatic rings. The van der Waals surface area contributed by atoms with E-state index in [0.717, 1.165) is 30.2 Å². The Labute approximate surface area is 99.8 Å². The van der Waals surface area contributed by atoms with Crippen molar-refractivity contribution in [1.82, 2.24) is 15.5 Å². The van der Waals surface area contributed by atoms with Gasteiger partial charge in [0.05, 0.1) is 0 Å². The lowest BCUT2D eigenvalue weighted by molar-refractivity contribution is 0.673. The van der Waals surface area contributed by atoms with Gasteiger partial charge in [0.15, 0.2) is 0 Å². The summed E-state index contributed by atoms with van der Waals surface area (Å²) >= 11 is 5.81. The topological polar surface area (TPSA) is 40.7 Å². The fourth-order valence-electron chi connectivity index (χ4n) is 1.49. The molecule has 1 aromatic heterocycles. The maximum Gasteiger partial charge on any atom is 0.0490 e. The minimum atomic E-state index is 0.786. The van der Waals surface area contributed by atoms with Crippen LogP contribution in [0.3, 0.4) is 0 Å². The second-order valence-corrected chi connectivity index (χ2v) is 4.07. The molecule has 0 unspecified atom stereocenters. The van der Waals surface area contributed by atoms with Gasteiger partial charge in [-0.1, -0.05) is 23.7 Å². The van der Waals surface area contributed by atoms with Crippen molar-refractivity contribution in [3.8, 4) is 0 Å². The van der Waals surface area contributed by atoms with E-state index in [2.05, 4.69) is 27.6 Å². The molecule has 0 amide bonds. The Bertz CT molecular complexity index is 408. The molecule has 0 atom stereocenters. The number of nitrogens with zero attached hydrogens (tertiary/aromatic N) is 1. The second-order valence-electron chi connectivity index (χ2n) is 3.64. The molecule has 0 saturated heterocycles. The van der Waals surface area contributed by atoms with E-state index in [1.807, 2.05) is 18.2 Å². The quantitative estimate of drug-likeness (QED) is 0.782. The predicted molar refractivity (Wildman–Crippen MR) is 65.5 cm³/mol. The maximum atomic E-state index is 5.81. The van der Waals surface area contributed by atoms with Crippen LogP contribution in [0.15, 0.2) is 36.5 Å². The Balaban J connectivity index is 1.70. The summed E-state index contributed by atoms with van der Waals surface area (Å²) < 4.78 is 0. The first-order valence-electron chi connectivity index (χ1n) is 5.28. The Morgan fingerprint density at radius 1 is 1.19 bits per heavy atom. The van der Waals surface area contributed by atoms with Gasteiger partial charge in [-0.05, 0) is 36.7 Å². The predicted octanol–water partition coefficient (Wildman–Crippen LogP) is 2.40. The van der Waals surface area contributed by atoms with Crippen LogP contribution in [0, 0.1) is 0 Å². The molecule has 2 N–H and O–H groups in total. The molecule has 3 nitrogen and oxygen atoms in total. The molecule has 0 radical (unpaired) electrons. The van der Waals surface area contributed by atoms with E-state index in [1.165, 1.54) is 5.56 Å². The Hall–Kier alpha value is -1.32. The van der Waals surface area contributed by atoms with Crippen LogP contribution in [-0.2, 0) is 13.0 Å². The van der Waals surface area contributed by atoms with Crippen LogP contribution in [0.1, 0.15) is 11.3 Å². The Kier molecular flexibility index (Phi) is 3.97. The molecule has 16 heavy (non-hydrogen) atoms. The van der Waals surface area contributed by atoms with Crippen molar-refractivity contribution in [1.29, 1.82) is 0 Å². The van der Waals surface area contributed by atoms with Crippen LogP contribution in [0.4, 0.5) is 0 Å². The van der Waals surface area contributed by atoms with Crippen molar-refractivity contribution in [2.24, 2.45) is 0 Å². The van der Waals surface area contributed by atoms with E-state index < -0.39 is 0 Å². The molecular weight excluding hydrogens is 222 g/mol. The van der Waals surface area contributed by atoms with E-state index >= 15 is 0 Å². The zero-order valence-electron chi connectivity index (χ0n) is 8.91. The van der Waals surface area contributed by atoms with Crippen molar-refractivity contribution < 1.29 is 0 Å². The smallest absolute Gasteiger partial charge is 0.0490 e. The van der Waals surface area contributed by atoms with Crippen LogP contribution < -0.4 is 5.32 Å². The standard InChI is InChI=1S/C12H14ClN3/c13-11-3-1-10(2-4-11)5-7-14-9-12-6-8-15-16-12/h1-4,6,8,14H,5,7,9H2,(H,15,16). The van der Waals surface area contributed by atoms with E-state index in [4.69, 9.17) is 11.6 Å². The Morgan fingerprint density at radius 3 is 2.69 bits per heavy atom. The van der Waals surface area contributed by atoms with Crippen molar-refractivity contribution in [2.45, 2.75) is 13.0 Å². The van der Waals surface area contributed by atoms with Gasteiger partial charge in [0.1, 0.15) is 0 Å². The van der Waals surface area contributed by atoms with Crippen molar-refractivity contribution in [2.75, 3.05) is 6.54 Å². The van der Waals surface area contributed by atoms with Gasteiger partial charge < -0.3 is 5.32 Å². The molecule has 0 bridgehead atoms. The lowest BCUT2D eigenvalue weighted by Crippen LogP contribution is -2.16. The lowest BCUT2D eigenvalue weighted by Gasteiger charge is -2.03. The largest absolute Gasteiger partial charge is 0.311 e. The number of halogens is 1. The van der Waals surface area contributed by atoms with E-state index in [9.17, 15) is 0 Å². The van der Waals surface area contributed by atoms with Gasteiger partial charge in [-0.25, -0.2) is 0 Å². The molecule has 0 aliphatic carbocycles. The summed E-state index contributed by atoms with van der Waals surface area (Å²) in [6, 6.07) is 9.92. The van der Waals surface area contributed by atoms with Crippen molar-refractivity contribution in [3.05, 3.63) is 52.8 Å². The first-order chi connectivity index (χ1) is 7.84. The minimum Gasteiger partial charge on any atom is -0.311 e. The van der Waals surface area contributed by atoms with Gasteiger partial charge in [0, 0.05) is 23.5 Å². The highest BCUT2D eigenvalue weighted by Gasteiger charge is 1.95. The number of benzene rings is 1. The lowest BCUT2D eigenvalue weighted by atomic mass is 10.1. The average molecular weight is 236 g/mol. The molecule has 1 heterocycles. The van der Waals surface area contributed by atoms with E-state index in [0.29, 0.717) is 0 Å². The minimum absolute atomic E-state index is 0.786. The molecule has 2 aromatic rings. The van der Waals surface area contributed by atoms with Gasteiger partial charge in [0.25, 0.3) is 0 Å². The normalized spacial score (nSPS) is 10.6. The number of hydrogen-bond acceptors (Lipinski definition) is 2. The van der Waals surface area contributed by atoms with Gasteiger partial charge in [0.2, 0.25) is 0 Å². The van der Waals surface area contributed by atoms with Gasteiger partial charge in [-0.3, -0.25) is 5.10 Å². The van der Waals surface area contributed by atoms with Gasteiger partial charge >= 0.3 is 0 Å². The molecule has 84 valence electrons. The molecule has 1 aromatic carbocycles. The number of hydrogen-bond donors (Lipinski definition) is 2. The summed E-state index contributed by atoms with van der Waals surface area (Å²) in [6.45, 7) is 1.77. The highest BCUT2D eigenvalue weighted by molar-refractivity contribution is 6.30. The summed E-state index contributed by atoms with van der Waals surface area (Å²) in [7, 11) is 0. The zero-order valence-corrected chi connectivity index (χ0v) is 9.67. The zero-order chi connectivity index (χ0) is 11.2. The first-order valence-corrected chi connectivity index (χ1v) is 5.66. The highest BCUT2D eigenvalue weighted by atomic mass is 35.5. The third-order valence-electron chi connectivity index (χ3n) is 2.38. The van der Waals surface area contributed by atoms with Crippen molar-refractivity contribution in [3.63, 3.8) is 0 Å². The molecule has 0 fully saturated rings. The van der Waals surface area contributed by atoms with Crippen LogP contribution in [0.25, 0.3) is 0 Å². The van der Waals surface area contributed by atoms with Crippen LogP contribution >= 0.6 is 11.6 Å². The SMILES string of the molecule is Clc1ccc(CCNCc2ccn[nH]2)cc1. The maximum absolute atomic E-state index is 5.81. The molecule has 2 rings (SSSR count). The summed E-state index contributed by atoms with van der Waals surface area (Å²) in [5, 5.41) is 10.9. The highest BCUT2D eigenvalue weighted by Crippen LogP contribution is 2.09. The van der Waals surface area contributed by atoms with Gasteiger partial charge in [-0.2, -0.15) is 5.10 Å². The summed E-state index contributed by atoms with van der Waals surface area (Å²) in [4.78, 5) is 0. The third-order valence-corrected chi connectivity index (χ3v) is 2.63. The summed E-state index contributed by atoms with van der Waals surface area (Å²) in [6.07, 6.45) is 2.77. The van der Waals surface area contributed by atoms with E-state index in [-0.39, 0.29) is 0 Å². The average Bonchev–Trinajstić information content (AvgIpc) is 2.80. The van der Waals surface area contributed by atoms with Gasteiger partial charge in [-0.15, -0.1) is 0 Å². The second kappa shape index (κ2) is 5.68. The van der Waals surface area contributed by atoms with Crippen LogP contribution in [0.2, 0.25) is 5.02 Å². The van der Waals surface area contributed by atoms with Crippen LogP contribution in [0.5, 0.6) is 0 Å². The van der Waals surface area contributed by atoms with E-state index in [1.54, 1.807) is 6.20 Å². The number of aromatic amines is 1. The molecule has 0 spiro atoms. The number of aromatic nitrogens is 2. The summed E-state index contributed by atoms with van der Waals surface area (Å²) in [5.74, 6) is 0. The fraction of sp³-hybridized carbons (Fsp3) is 0.250. The first kappa shape index (κ1) is 11.2. The number of H-pyrrole nitrogens is 1. The number of nitrogens with one attached hydrogen (secondary N) is 2.